The maximum absolute atomic E-state index is 11.6. The molecule has 0 aromatic heterocycles. The normalized spacial score (nSPS) is 13.4. The average Bonchev–Trinajstić information content (AvgIpc) is 2.48. The van der Waals surface area contributed by atoms with E-state index in [1.807, 2.05) is 45.9 Å². The molecule has 118 valence electrons. The second-order valence-electron chi connectivity index (χ2n) is 4.80. The summed E-state index contributed by atoms with van der Waals surface area (Å²) in [5.41, 5.74) is 1.05. The lowest BCUT2D eigenvalue weighted by Crippen LogP contribution is -2.41. The molecular formula is C16H26N2O3. The number of carbonyl (C=O) groups is 1. The van der Waals surface area contributed by atoms with Crippen molar-refractivity contribution < 1.29 is 14.3 Å². The lowest BCUT2D eigenvalue weighted by atomic mass is 10.1. The Kier molecular flexibility index (Phi) is 7.02. The highest BCUT2D eigenvalue weighted by Gasteiger charge is 2.16. The van der Waals surface area contributed by atoms with Crippen LogP contribution < -0.4 is 20.1 Å². The van der Waals surface area contributed by atoms with Gasteiger partial charge in [0, 0.05) is 13.1 Å². The maximum atomic E-state index is 11.6. The topological polar surface area (TPSA) is 59.6 Å². The fraction of sp³-hybridized carbons (Fsp3) is 0.562. The second-order valence-corrected chi connectivity index (χ2v) is 4.80. The third-order valence-corrected chi connectivity index (χ3v) is 3.21. The second kappa shape index (κ2) is 8.52. The van der Waals surface area contributed by atoms with Gasteiger partial charge in [-0.3, -0.25) is 10.1 Å². The van der Waals surface area contributed by atoms with E-state index in [1.54, 1.807) is 7.05 Å². The van der Waals surface area contributed by atoms with Crippen molar-refractivity contribution >= 4 is 5.91 Å². The Morgan fingerprint density at radius 3 is 2.33 bits per heavy atom. The van der Waals surface area contributed by atoms with Crippen LogP contribution >= 0.6 is 0 Å². The number of hydrogen-bond donors (Lipinski definition) is 2. The van der Waals surface area contributed by atoms with Gasteiger partial charge >= 0.3 is 0 Å². The summed E-state index contributed by atoms with van der Waals surface area (Å²) in [7, 11) is 1.63. The van der Waals surface area contributed by atoms with Crippen LogP contribution in [0, 0.1) is 0 Å². The molecule has 21 heavy (non-hydrogen) atoms. The van der Waals surface area contributed by atoms with Crippen LogP contribution in [0.3, 0.4) is 0 Å². The van der Waals surface area contributed by atoms with E-state index >= 15 is 0 Å². The van der Waals surface area contributed by atoms with E-state index in [-0.39, 0.29) is 18.0 Å². The lowest BCUT2D eigenvalue weighted by molar-refractivity contribution is -0.122. The van der Waals surface area contributed by atoms with Crippen molar-refractivity contribution in [1.82, 2.24) is 10.6 Å². The molecule has 1 aromatic carbocycles. The molecule has 0 aliphatic carbocycles. The Bertz CT molecular complexity index is 463. The summed E-state index contributed by atoms with van der Waals surface area (Å²) in [6, 6.07) is 5.64. The summed E-state index contributed by atoms with van der Waals surface area (Å²) in [5.74, 6) is 1.45. The minimum atomic E-state index is -0.257. The van der Waals surface area contributed by atoms with Gasteiger partial charge in [0.05, 0.1) is 19.3 Å². The molecular weight excluding hydrogens is 268 g/mol. The van der Waals surface area contributed by atoms with Crippen molar-refractivity contribution in [2.24, 2.45) is 0 Å². The van der Waals surface area contributed by atoms with Gasteiger partial charge in [-0.2, -0.15) is 0 Å². The number of carbonyl (C=O) groups excluding carboxylic acids is 1. The van der Waals surface area contributed by atoms with Crippen LogP contribution in [-0.2, 0) is 4.79 Å². The van der Waals surface area contributed by atoms with Crippen molar-refractivity contribution in [3.63, 3.8) is 0 Å². The van der Waals surface area contributed by atoms with Crippen LogP contribution in [0.1, 0.15) is 39.3 Å². The molecule has 0 bridgehead atoms. The number of ether oxygens (including phenoxy) is 2. The first kappa shape index (κ1) is 17.3. The third kappa shape index (κ3) is 4.93. The molecule has 0 aliphatic rings. The minimum absolute atomic E-state index is 0.0298. The van der Waals surface area contributed by atoms with Crippen molar-refractivity contribution in [2.45, 2.75) is 39.8 Å². The summed E-state index contributed by atoms with van der Waals surface area (Å²) in [6.45, 7) is 8.93. The molecule has 0 fully saturated rings. The van der Waals surface area contributed by atoms with E-state index in [4.69, 9.17) is 9.47 Å². The molecule has 5 heteroatoms. The van der Waals surface area contributed by atoms with Gasteiger partial charge in [-0.25, -0.2) is 0 Å². The summed E-state index contributed by atoms with van der Waals surface area (Å²) in [6.07, 6.45) is 0. The fourth-order valence-electron chi connectivity index (χ4n) is 2.10. The highest BCUT2D eigenvalue weighted by molar-refractivity contribution is 5.80. The van der Waals surface area contributed by atoms with E-state index in [0.29, 0.717) is 13.2 Å². The number of benzene rings is 1. The fourth-order valence-corrected chi connectivity index (χ4v) is 2.10. The Labute approximate surface area is 127 Å². The maximum Gasteiger partial charge on any atom is 0.236 e. The van der Waals surface area contributed by atoms with Gasteiger partial charge in [0.25, 0.3) is 0 Å². The number of likely N-dealkylation sites (N-methyl/N-ethyl adjacent to an activating group) is 1. The van der Waals surface area contributed by atoms with E-state index in [0.717, 1.165) is 17.1 Å². The van der Waals surface area contributed by atoms with E-state index in [1.165, 1.54) is 0 Å². The Hall–Kier alpha value is -1.75. The van der Waals surface area contributed by atoms with Crippen LogP contribution in [0.4, 0.5) is 0 Å². The summed E-state index contributed by atoms with van der Waals surface area (Å²) in [4.78, 5) is 11.6. The summed E-state index contributed by atoms with van der Waals surface area (Å²) < 4.78 is 11.2. The van der Waals surface area contributed by atoms with Crippen LogP contribution in [0.2, 0.25) is 0 Å². The molecule has 1 aromatic rings. The van der Waals surface area contributed by atoms with Crippen molar-refractivity contribution in [1.29, 1.82) is 0 Å². The zero-order valence-electron chi connectivity index (χ0n) is 13.5. The van der Waals surface area contributed by atoms with Gasteiger partial charge < -0.3 is 14.8 Å². The standard InChI is InChI=1S/C16H26N2O3/c1-6-20-14-9-8-13(10-15(14)21-7-2)11(3)18-12(4)16(19)17-5/h8-12,18H,6-7H2,1-5H3,(H,17,19)/t11-,12-/m0/s1. The molecule has 0 radical (unpaired) electrons. The first-order valence-corrected chi connectivity index (χ1v) is 7.40. The predicted octanol–water partition coefficient (Wildman–Crippen LogP) is 2.27. The molecule has 0 heterocycles. The SMILES string of the molecule is CCOc1ccc([C@H](C)N[C@@H](C)C(=O)NC)cc1OCC. The van der Waals surface area contributed by atoms with Crippen molar-refractivity contribution in [2.75, 3.05) is 20.3 Å². The Morgan fingerprint density at radius 2 is 1.76 bits per heavy atom. The monoisotopic (exact) mass is 294 g/mol. The van der Waals surface area contributed by atoms with Crippen LogP contribution in [0.5, 0.6) is 11.5 Å². The molecule has 2 atom stereocenters. The highest BCUT2D eigenvalue weighted by atomic mass is 16.5. The van der Waals surface area contributed by atoms with E-state index in [2.05, 4.69) is 10.6 Å². The minimum Gasteiger partial charge on any atom is -0.490 e. The molecule has 1 rings (SSSR count). The van der Waals surface area contributed by atoms with Crippen molar-refractivity contribution in [3.8, 4) is 11.5 Å². The Balaban J connectivity index is 2.86. The van der Waals surface area contributed by atoms with E-state index in [9.17, 15) is 4.79 Å². The number of amides is 1. The lowest BCUT2D eigenvalue weighted by Gasteiger charge is -2.20. The van der Waals surface area contributed by atoms with Gasteiger partial charge in [0.2, 0.25) is 5.91 Å². The first-order valence-electron chi connectivity index (χ1n) is 7.40. The van der Waals surface area contributed by atoms with Gasteiger partial charge in [-0.05, 0) is 45.4 Å². The zero-order chi connectivity index (χ0) is 15.8. The summed E-state index contributed by atoms with van der Waals surface area (Å²) >= 11 is 0. The quantitative estimate of drug-likeness (QED) is 0.772. The van der Waals surface area contributed by atoms with Crippen LogP contribution in [0.25, 0.3) is 0 Å². The molecule has 5 nitrogen and oxygen atoms in total. The first-order chi connectivity index (χ1) is 10.0. The van der Waals surface area contributed by atoms with Gasteiger partial charge in [0.15, 0.2) is 11.5 Å². The highest BCUT2D eigenvalue weighted by Crippen LogP contribution is 2.30. The zero-order valence-corrected chi connectivity index (χ0v) is 13.5. The molecule has 0 saturated heterocycles. The van der Waals surface area contributed by atoms with Gasteiger partial charge in [0.1, 0.15) is 0 Å². The molecule has 0 spiro atoms. The number of nitrogens with one attached hydrogen (secondary N) is 2. The van der Waals surface area contributed by atoms with E-state index < -0.39 is 0 Å². The third-order valence-electron chi connectivity index (χ3n) is 3.21. The molecule has 2 N–H and O–H groups in total. The van der Waals surface area contributed by atoms with Gasteiger partial charge in [-0.15, -0.1) is 0 Å². The summed E-state index contributed by atoms with van der Waals surface area (Å²) in [5, 5.41) is 5.89. The molecule has 0 aliphatic heterocycles. The molecule has 1 amide bonds. The van der Waals surface area contributed by atoms with Crippen LogP contribution in [-0.4, -0.2) is 32.2 Å². The largest absolute Gasteiger partial charge is 0.490 e. The van der Waals surface area contributed by atoms with Crippen LogP contribution in [0.15, 0.2) is 18.2 Å². The van der Waals surface area contributed by atoms with Crippen molar-refractivity contribution in [3.05, 3.63) is 23.8 Å². The predicted molar refractivity (Wildman–Crippen MR) is 83.9 cm³/mol. The smallest absolute Gasteiger partial charge is 0.236 e. The van der Waals surface area contributed by atoms with Gasteiger partial charge in [-0.1, -0.05) is 6.07 Å². The number of rotatable bonds is 8. The molecule has 0 saturated carbocycles. The Morgan fingerprint density at radius 1 is 1.14 bits per heavy atom. The average molecular weight is 294 g/mol. The molecule has 0 unspecified atom stereocenters. The number of hydrogen-bond acceptors (Lipinski definition) is 4.